The van der Waals surface area contributed by atoms with E-state index in [1.54, 1.807) is 18.6 Å². The van der Waals surface area contributed by atoms with Crippen molar-refractivity contribution in [3.8, 4) is 0 Å². The number of ether oxygens (including phenoxy) is 1. The molecule has 8 nitrogen and oxygen atoms in total. The fourth-order valence-electron chi connectivity index (χ4n) is 4.16. The molecule has 0 aliphatic carbocycles. The lowest BCUT2D eigenvalue weighted by atomic mass is 9.97. The summed E-state index contributed by atoms with van der Waals surface area (Å²) in [5.74, 6) is 0.541. The molecule has 1 aromatic rings. The highest BCUT2D eigenvalue weighted by molar-refractivity contribution is 5.92. The van der Waals surface area contributed by atoms with Gasteiger partial charge in [0.2, 0.25) is 0 Å². The maximum absolute atomic E-state index is 12.6. The molecule has 2 fully saturated rings. The van der Waals surface area contributed by atoms with E-state index in [1.807, 2.05) is 4.90 Å². The SMILES string of the molecule is CCCC[C@@H]1CN(C2CCN(C(=O)c3cnccn3)CC2)C[C@H](C(C)C)O1.O=CO. The van der Waals surface area contributed by atoms with Crippen molar-refractivity contribution in [1.29, 1.82) is 0 Å². The van der Waals surface area contributed by atoms with Gasteiger partial charge in [0.05, 0.1) is 18.4 Å². The summed E-state index contributed by atoms with van der Waals surface area (Å²) in [6.45, 7) is 10.1. The van der Waals surface area contributed by atoms with Crippen LogP contribution in [-0.4, -0.2) is 81.7 Å². The highest BCUT2D eigenvalue weighted by Gasteiger charge is 2.35. The monoisotopic (exact) mass is 420 g/mol. The Morgan fingerprint density at radius 3 is 2.57 bits per heavy atom. The number of amides is 1. The van der Waals surface area contributed by atoms with E-state index in [0.29, 0.717) is 29.9 Å². The zero-order valence-electron chi connectivity index (χ0n) is 18.4. The molecular weight excluding hydrogens is 384 g/mol. The number of carbonyl (C=O) groups excluding carboxylic acids is 1. The maximum atomic E-state index is 12.6. The number of unbranched alkanes of at least 4 members (excludes halogenated alkanes) is 1. The molecule has 2 aliphatic heterocycles. The van der Waals surface area contributed by atoms with Crippen molar-refractivity contribution in [2.24, 2.45) is 5.92 Å². The first-order valence-corrected chi connectivity index (χ1v) is 11.0. The molecule has 30 heavy (non-hydrogen) atoms. The van der Waals surface area contributed by atoms with Crippen LogP contribution in [0.4, 0.5) is 0 Å². The van der Waals surface area contributed by atoms with Crippen LogP contribution in [-0.2, 0) is 9.53 Å². The third-order valence-corrected chi connectivity index (χ3v) is 5.89. The molecule has 0 unspecified atom stereocenters. The molecule has 0 saturated carbocycles. The summed E-state index contributed by atoms with van der Waals surface area (Å²) in [4.78, 5) is 33.7. The Bertz CT molecular complexity index is 635. The molecule has 1 amide bonds. The van der Waals surface area contributed by atoms with Crippen molar-refractivity contribution in [3.63, 3.8) is 0 Å². The van der Waals surface area contributed by atoms with Gasteiger partial charge in [0.15, 0.2) is 0 Å². The zero-order valence-corrected chi connectivity index (χ0v) is 18.4. The summed E-state index contributed by atoms with van der Waals surface area (Å²) in [5, 5.41) is 6.89. The quantitative estimate of drug-likeness (QED) is 0.707. The minimum atomic E-state index is -0.250. The summed E-state index contributed by atoms with van der Waals surface area (Å²) in [7, 11) is 0. The standard InChI is InChI=1S/C21H34N4O2.CH2O2/c1-4-5-6-18-14-25(15-20(27-18)16(2)3)17-7-11-24(12-8-17)21(26)19-13-22-9-10-23-19;2-1-3/h9-10,13,16-18,20H,4-8,11-12,14-15H2,1-3H3;1H,(H,2,3)/t18-,20-;/m1./s1. The minimum absolute atomic E-state index is 0.00408. The number of carboxylic acid groups (broad SMARTS) is 1. The smallest absolute Gasteiger partial charge is 0.290 e. The van der Waals surface area contributed by atoms with Gasteiger partial charge in [-0.25, -0.2) is 4.98 Å². The summed E-state index contributed by atoms with van der Waals surface area (Å²) < 4.78 is 6.37. The lowest BCUT2D eigenvalue weighted by molar-refractivity contribution is -0.122. The van der Waals surface area contributed by atoms with Gasteiger partial charge < -0.3 is 14.7 Å². The third-order valence-electron chi connectivity index (χ3n) is 5.89. The van der Waals surface area contributed by atoms with Gasteiger partial charge in [-0.15, -0.1) is 0 Å². The number of rotatable bonds is 6. The number of hydrogen-bond acceptors (Lipinski definition) is 6. The lowest BCUT2D eigenvalue weighted by Gasteiger charge is -2.46. The molecule has 2 saturated heterocycles. The third kappa shape index (κ3) is 7.02. The van der Waals surface area contributed by atoms with E-state index in [1.165, 1.54) is 12.8 Å². The van der Waals surface area contributed by atoms with E-state index >= 15 is 0 Å². The number of hydrogen-bond donors (Lipinski definition) is 1. The van der Waals surface area contributed by atoms with Crippen molar-refractivity contribution in [3.05, 3.63) is 24.3 Å². The highest BCUT2D eigenvalue weighted by atomic mass is 16.5. The predicted molar refractivity (Wildman–Crippen MR) is 114 cm³/mol. The van der Waals surface area contributed by atoms with Gasteiger partial charge in [-0.2, -0.15) is 0 Å². The normalized spacial score (nSPS) is 23.0. The van der Waals surface area contributed by atoms with E-state index in [-0.39, 0.29) is 12.4 Å². The summed E-state index contributed by atoms with van der Waals surface area (Å²) in [6, 6.07) is 0.546. The Morgan fingerprint density at radius 2 is 2.00 bits per heavy atom. The Balaban J connectivity index is 0.00000101. The summed E-state index contributed by atoms with van der Waals surface area (Å²) in [5.41, 5.74) is 0.446. The number of nitrogens with zero attached hydrogens (tertiary/aromatic N) is 4. The fourth-order valence-corrected chi connectivity index (χ4v) is 4.16. The largest absolute Gasteiger partial charge is 0.483 e. The molecule has 0 bridgehead atoms. The van der Waals surface area contributed by atoms with Crippen LogP contribution in [0.2, 0.25) is 0 Å². The highest BCUT2D eigenvalue weighted by Crippen LogP contribution is 2.26. The molecule has 3 rings (SSSR count). The minimum Gasteiger partial charge on any atom is -0.483 e. The second kappa shape index (κ2) is 12.6. The molecule has 2 atom stereocenters. The Labute approximate surface area is 179 Å². The number of likely N-dealkylation sites (tertiary alicyclic amines) is 1. The fraction of sp³-hybridized carbons (Fsp3) is 0.727. The first-order valence-electron chi connectivity index (χ1n) is 11.0. The number of carbonyl (C=O) groups is 2. The van der Waals surface area contributed by atoms with Gasteiger partial charge in [-0.3, -0.25) is 19.5 Å². The van der Waals surface area contributed by atoms with Crippen LogP contribution in [0.15, 0.2) is 18.6 Å². The number of piperidine rings is 1. The van der Waals surface area contributed by atoms with Crippen LogP contribution in [0.3, 0.4) is 0 Å². The van der Waals surface area contributed by atoms with E-state index in [9.17, 15) is 4.79 Å². The van der Waals surface area contributed by atoms with Crippen molar-refractivity contribution in [2.45, 2.75) is 71.1 Å². The van der Waals surface area contributed by atoms with Gasteiger partial charge in [-0.1, -0.05) is 33.6 Å². The second-order valence-corrected chi connectivity index (χ2v) is 8.36. The number of aromatic nitrogens is 2. The molecule has 168 valence electrons. The molecule has 1 aromatic heterocycles. The molecule has 0 aromatic carbocycles. The van der Waals surface area contributed by atoms with Crippen LogP contribution in [0.1, 0.15) is 63.4 Å². The average Bonchev–Trinajstić information content (AvgIpc) is 2.78. The van der Waals surface area contributed by atoms with Crippen molar-refractivity contribution in [1.82, 2.24) is 19.8 Å². The van der Waals surface area contributed by atoms with Gasteiger partial charge in [0.25, 0.3) is 12.4 Å². The second-order valence-electron chi connectivity index (χ2n) is 8.36. The first kappa shape index (κ1) is 24.2. The topological polar surface area (TPSA) is 95.9 Å². The maximum Gasteiger partial charge on any atom is 0.290 e. The number of morpholine rings is 1. The van der Waals surface area contributed by atoms with Crippen LogP contribution < -0.4 is 0 Å². The van der Waals surface area contributed by atoms with Crippen LogP contribution in [0.25, 0.3) is 0 Å². The molecule has 2 aliphatic rings. The average molecular weight is 421 g/mol. The van der Waals surface area contributed by atoms with E-state index in [2.05, 4.69) is 35.6 Å². The predicted octanol–water partition coefficient (Wildman–Crippen LogP) is 2.70. The van der Waals surface area contributed by atoms with E-state index in [0.717, 1.165) is 45.4 Å². The van der Waals surface area contributed by atoms with Gasteiger partial charge in [-0.05, 0) is 25.2 Å². The molecule has 3 heterocycles. The lowest BCUT2D eigenvalue weighted by Crippen LogP contribution is -2.55. The van der Waals surface area contributed by atoms with E-state index < -0.39 is 0 Å². The molecule has 1 N–H and O–H groups in total. The Morgan fingerprint density at radius 1 is 1.30 bits per heavy atom. The first-order chi connectivity index (χ1) is 14.5. The molecule has 0 radical (unpaired) electrons. The molecular formula is C22H36N4O4. The van der Waals surface area contributed by atoms with Gasteiger partial charge in [0, 0.05) is 44.6 Å². The van der Waals surface area contributed by atoms with Gasteiger partial charge >= 0.3 is 0 Å². The zero-order chi connectivity index (χ0) is 21.9. The Kier molecular flexibility index (Phi) is 10.2. The van der Waals surface area contributed by atoms with E-state index in [4.69, 9.17) is 14.6 Å². The summed E-state index contributed by atoms with van der Waals surface area (Å²) in [6.07, 6.45) is 11.1. The van der Waals surface area contributed by atoms with Crippen LogP contribution in [0, 0.1) is 5.92 Å². The summed E-state index contributed by atoms with van der Waals surface area (Å²) >= 11 is 0. The van der Waals surface area contributed by atoms with Crippen LogP contribution >= 0.6 is 0 Å². The van der Waals surface area contributed by atoms with Crippen LogP contribution in [0.5, 0.6) is 0 Å². The van der Waals surface area contributed by atoms with Crippen molar-refractivity contribution < 1.29 is 19.4 Å². The van der Waals surface area contributed by atoms with Gasteiger partial charge in [0.1, 0.15) is 5.69 Å². The Hall–Kier alpha value is -2.06. The molecule has 0 spiro atoms. The van der Waals surface area contributed by atoms with Crippen molar-refractivity contribution >= 4 is 12.4 Å². The van der Waals surface area contributed by atoms with Crippen molar-refractivity contribution in [2.75, 3.05) is 26.2 Å². The molecule has 8 heteroatoms.